The number of ketones is 1. The van der Waals surface area contributed by atoms with Gasteiger partial charge in [0.25, 0.3) is 0 Å². The van der Waals surface area contributed by atoms with E-state index in [0.717, 1.165) is 4.96 Å². The molecule has 2 aromatic rings. The molecule has 17 heavy (non-hydrogen) atoms. The molecule has 1 unspecified atom stereocenters. The molecule has 0 aliphatic carbocycles. The number of rotatable bonds is 3. The fourth-order valence-corrected chi connectivity index (χ4v) is 2.34. The highest BCUT2D eigenvalue weighted by molar-refractivity contribution is 7.15. The van der Waals surface area contributed by atoms with Crippen molar-refractivity contribution in [3.8, 4) is 0 Å². The summed E-state index contributed by atoms with van der Waals surface area (Å²) in [5.41, 5.74) is 0.291. The van der Waals surface area contributed by atoms with Crippen LogP contribution in [0.15, 0.2) is 17.8 Å². The van der Waals surface area contributed by atoms with Crippen molar-refractivity contribution < 1.29 is 9.90 Å². The molecule has 0 fully saturated rings. The van der Waals surface area contributed by atoms with Gasteiger partial charge in [-0.15, -0.1) is 11.3 Å². The number of thiazole rings is 1. The van der Waals surface area contributed by atoms with E-state index in [9.17, 15) is 9.90 Å². The molecule has 0 aliphatic heterocycles. The summed E-state index contributed by atoms with van der Waals surface area (Å²) in [5, 5.41) is 11.8. The van der Waals surface area contributed by atoms with Crippen LogP contribution in [0.2, 0.25) is 0 Å². The van der Waals surface area contributed by atoms with Gasteiger partial charge in [-0.1, -0.05) is 20.8 Å². The number of carbonyl (C=O) groups excluding carboxylic acids is 1. The average molecular weight is 252 g/mol. The first-order valence-electron chi connectivity index (χ1n) is 5.50. The highest BCUT2D eigenvalue weighted by Crippen LogP contribution is 2.21. The van der Waals surface area contributed by atoms with Crippen LogP contribution in [-0.4, -0.2) is 26.4 Å². The maximum absolute atomic E-state index is 11.9. The van der Waals surface area contributed by atoms with E-state index in [2.05, 4.69) is 4.98 Å². The molecule has 0 saturated heterocycles. The molecular formula is C12H16N2O2S. The minimum absolute atomic E-state index is 0.178. The summed E-state index contributed by atoms with van der Waals surface area (Å²) in [5.74, 6) is -0.178. The quantitative estimate of drug-likeness (QED) is 0.908. The lowest BCUT2D eigenvalue weighted by Gasteiger charge is -2.24. The number of aliphatic hydroxyl groups is 1. The number of aliphatic hydroxyl groups excluding tert-OH is 1. The third kappa shape index (κ3) is 2.56. The second-order valence-electron chi connectivity index (χ2n) is 5.24. The van der Waals surface area contributed by atoms with Gasteiger partial charge in [0.2, 0.25) is 0 Å². The Morgan fingerprint density at radius 3 is 2.88 bits per heavy atom. The third-order valence-corrected chi connectivity index (χ3v) is 3.39. The molecule has 2 rings (SSSR count). The lowest BCUT2D eigenvalue weighted by Crippen LogP contribution is -2.35. The summed E-state index contributed by atoms with van der Waals surface area (Å²) in [4.78, 5) is 17.1. The first kappa shape index (κ1) is 12.3. The summed E-state index contributed by atoms with van der Waals surface area (Å²) in [6.45, 7) is 5.55. The van der Waals surface area contributed by atoms with Gasteiger partial charge in [-0.3, -0.25) is 9.20 Å². The van der Waals surface area contributed by atoms with Crippen LogP contribution in [0, 0.1) is 5.41 Å². The molecule has 1 atom stereocenters. The van der Waals surface area contributed by atoms with Gasteiger partial charge in [-0.25, -0.2) is 4.98 Å². The molecule has 0 aromatic carbocycles. The van der Waals surface area contributed by atoms with Gasteiger partial charge < -0.3 is 5.11 Å². The van der Waals surface area contributed by atoms with E-state index in [0.29, 0.717) is 5.69 Å². The van der Waals surface area contributed by atoms with Crippen molar-refractivity contribution in [2.75, 3.05) is 0 Å². The molecule has 1 N–H and O–H groups in total. The fraction of sp³-hybridized carbons (Fsp3) is 0.500. The molecule has 92 valence electrons. The van der Waals surface area contributed by atoms with E-state index in [1.54, 1.807) is 0 Å². The van der Waals surface area contributed by atoms with E-state index in [4.69, 9.17) is 0 Å². The predicted molar refractivity (Wildman–Crippen MR) is 67.2 cm³/mol. The maximum atomic E-state index is 11.9. The Hall–Kier alpha value is -1.20. The Labute approximate surface area is 104 Å². The molecule has 0 aliphatic rings. The van der Waals surface area contributed by atoms with Crippen molar-refractivity contribution in [3.05, 3.63) is 23.5 Å². The number of carbonyl (C=O) groups is 1. The highest BCUT2D eigenvalue weighted by Gasteiger charge is 2.29. The van der Waals surface area contributed by atoms with E-state index < -0.39 is 11.5 Å². The van der Waals surface area contributed by atoms with Crippen LogP contribution in [0.25, 0.3) is 4.96 Å². The van der Waals surface area contributed by atoms with Crippen molar-refractivity contribution in [2.24, 2.45) is 5.41 Å². The Balaban J connectivity index is 2.11. The summed E-state index contributed by atoms with van der Waals surface area (Å²) in [6.07, 6.45) is 2.98. The SMILES string of the molecule is CC(C)(C)C(O)C(=O)Cc1cn2ccsc2n1. The minimum Gasteiger partial charge on any atom is -0.385 e. The highest BCUT2D eigenvalue weighted by atomic mass is 32.1. The third-order valence-electron chi connectivity index (χ3n) is 2.62. The van der Waals surface area contributed by atoms with Gasteiger partial charge in [0.05, 0.1) is 12.1 Å². The van der Waals surface area contributed by atoms with Crippen LogP contribution in [0.4, 0.5) is 0 Å². The maximum Gasteiger partial charge on any atom is 0.193 e. The predicted octanol–water partition coefficient (Wildman–Crippen LogP) is 1.91. The molecule has 0 spiro atoms. The van der Waals surface area contributed by atoms with Crippen LogP contribution in [0.1, 0.15) is 26.5 Å². The monoisotopic (exact) mass is 252 g/mol. The van der Waals surface area contributed by atoms with E-state index >= 15 is 0 Å². The lowest BCUT2D eigenvalue weighted by molar-refractivity contribution is -0.131. The summed E-state index contributed by atoms with van der Waals surface area (Å²) in [6, 6.07) is 0. The van der Waals surface area contributed by atoms with Crippen LogP contribution in [0.5, 0.6) is 0 Å². The zero-order valence-corrected chi connectivity index (χ0v) is 11.0. The number of hydrogen-bond donors (Lipinski definition) is 1. The number of hydrogen-bond acceptors (Lipinski definition) is 4. The van der Waals surface area contributed by atoms with Gasteiger partial charge in [0.15, 0.2) is 10.7 Å². The lowest BCUT2D eigenvalue weighted by atomic mass is 9.85. The van der Waals surface area contributed by atoms with Crippen molar-refractivity contribution >= 4 is 22.1 Å². The van der Waals surface area contributed by atoms with E-state index in [-0.39, 0.29) is 12.2 Å². The van der Waals surface area contributed by atoms with Gasteiger partial charge >= 0.3 is 0 Å². The minimum atomic E-state index is -0.942. The second-order valence-corrected chi connectivity index (χ2v) is 6.11. The molecular weight excluding hydrogens is 236 g/mol. The summed E-state index contributed by atoms with van der Waals surface area (Å²) >= 11 is 1.53. The Morgan fingerprint density at radius 2 is 2.29 bits per heavy atom. The summed E-state index contributed by atoms with van der Waals surface area (Å²) < 4.78 is 1.89. The normalized spacial score (nSPS) is 14.1. The Morgan fingerprint density at radius 1 is 1.59 bits per heavy atom. The fourth-order valence-electron chi connectivity index (χ4n) is 1.62. The van der Waals surface area contributed by atoms with Gasteiger partial charge in [-0.05, 0) is 5.41 Å². The number of nitrogens with zero attached hydrogens (tertiary/aromatic N) is 2. The zero-order valence-electron chi connectivity index (χ0n) is 10.2. The number of Topliss-reactive ketones (excluding diaryl/α,β-unsaturated/α-hetero) is 1. The van der Waals surface area contributed by atoms with Gasteiger partial charge in [-0.2, -0.15) is 0 Å². The first-order chi connectivity index (χ1) is 7.88. The smallest absolute Gasteiger partial charge is 0.193 e. The molecule has 2 aromatic heterocycles. The first-order valence-corrected chi connectivity index (χ1v) is 6.38. The van der Waals surface area contributed by atoms with Crippen molar-refractivity contribution in [3.63, 3.8) is 0 Å². The van der Waals surface area contributed by atoms with E-state index in [1.807, 2.05) is 42.9 Å². The molecule has 2 heterocycles. The standard InChI is InChI=1S/C12H16N2O2S/c1-12(2,3)10(16)9(15)6-8-7-14-4-5-17-11(14)13-8/h4-5,7,10,16H,6H2,1-3H3. The van der Waals surface area contributed by atoms with Crippen molar-refractivity contribution in [1.29, 1.82) is 0 Å². The molecule has 5 heteroatoms. The molecule has 0 amide bonds. The zero-order chi connectivity index (χ0) is 12.6. The van der Waals surface area contributed by atoms with E-state index in [1.165, 1.54) is 11.3 Å². The molecule has 0 saturated carbocycles. The Bertz CT molecular complexity index is 507. The molecule has 0 radical (unpaired) electrons. The number of aromatic nitrogens is 2. The number of imidazole rings is 1. The van der Waals surface area contributed by atoms with Crippen molar-refractivity contribution in [2.45, 2.75) is 33.3 Å². The average Bonchev–Trinajstić information content (AvgIpc) is 2.74. The largest absolute Gasteiger partial charge is 0.385 e. The second kappa shape index (κ2) is 4.23. The van der Waals surface area contributed by atoms with Gasteiger partial charge in [0, 0.05) is 17.8 Å². The Kier molecular flexibility index (Phi) is 3.05. The topological polar surface area (TPSA) is 54.6 Å². The van der Waals surface area contributed by atoms with Crippen LogP contribution in [0.3, 0.4) is 0 Å². The molecule has 0 bridgehead atoms. The van der Waals surface area contributed by atoms with Crippen LogP contribution < -0.4 is 0 Å². The van der Waals surface area contributed by atoms with Crippen molar-refractivity contribution in [1.82, 2.24) is 9.38 Å². The molecule has 4 nitrogen and oxygen atoms in total. The van der Waals surface area contributed by atoms with Crippen LogP contribution in [-0.2, 0) is 11.2 Å². The summed E-state index contributed by atoms with van der Waals surface area (Å²) in [7, 11) is 0. The number of fused-ring (bicyclic) bond motifs is 1. The van der Waals surface area contributed by atoms with Gasteiger partial charge in [0.1, 0.15) is 6.10 Å². The van der Waals surface area contributed by atoms with Crippen LogP contribution >= 0.6 is 11.3 Å².